The van der Waals surface area contributed by atoms with E-state index in [4.69, 9.17) is 32.8 Å². The van der Waals surface area contributed by atoms with Gasteiger partial charge in [0.05, 0.1) is 15.8 Å². The van der Waals surface area contributed by atoms with Gasteiger partial charge in [0.2, 0.25) is 0 Å². The van der Waals surface area contributed by atoms with Crippen LogP contribution in [-0.2, 0) is 11.4 Å². The number of ether oxygens (including phenoxy) is 1. The maximum absolute atomic E-state index is 10.7. The topological polar surface area (TPSA) is 54.3 Å². The van der Waals surface area contributed by atoms with Gasteiger partial charge >= 0.3 is 0 Å². The quantitative estimate of drug-likeness (QED) is 0.387. The van der Waals surface area contributed by atoms with E-state index in [0.29, 0.717) is 36.1 Å². The highest BCUT2D eigenvalue weighted by atomic mass is 35.5. The number of hydrogen-bond acceptors (Lipinski definition) is 5. The Kier molecular flexibility index (Phi) is 8.46. The number of aliphatic hydroxyl groups is 1. The fourth-order valence-corrected chi connectivity index (χ4v) is 4.26. The lowest BCUT2D eigenvalue weighted by Gasteiger charge is -2.27. The van der Waals surface area contributed by atoms with Gasteiger partial charge in [0.25, 0.3) is 0 Å². The number of benzene rings is 3. The molecule has 0 saturated heterocycles. The molecule has 7 heteroatoms. The molecule has 0 bridgehead atoms. The van der Waals surface area contributed by atoms with Gasteiger partial charge in [-0.15, -0.1) is 0 Å². The molecule has 1 aliphatic heterocycles. The maximum Gasteiger partial charge on any atom is 0.145 e. The smallest absolute Gasteiger partial charge is 0.145 e. The maximum atomic E-state index is 10.7. The van der Waals surface area contributed by atoms with Crippen molar-refractivity contribution < 1.29 is 14.7 Å². The molecule has 1 heterocycles. The minimum atomic E-state index is -0.653. The van der Waals surface area contributed by atoms with E-state index in [-0.39, 0.29) is 12.7 Å². The first-order valence-electron chi connectivity index (χ1n) is 11.3. The Bertz CT molecular complexity index is 1120. The number of para-hydroxylation sites is 1. The lowest BCUT2D eigenvalue weighted by atomic mass is 10.0. The molecule has 0 unspecified atom stereocenters. The third kappa shape index (κ3) is 6.73. The fourth-order valence-electron chi connectivity index (χ4n) is 3.96. The summed E-state index contributed by atoms with van der Waals surface area (Å²) in [5, 5.41) is 16.0. The van der Waals surface area contributed by atoms with Crippen LogP contribution in [0.1, 0.15) is 23.1 Å². The summed E-state index contributed by atoms with van der Waals surface area (Å²) in [5.41, 5.74) is 3.95. The summed E-state index contributed by atoms with van der Waals surface area (Å²) < 4.78 is 5.86. The van der Waals surface area contributed by atoms with Crippen LogP contribution >= 0.6 is 23.2 Å². The zero-order chi connectivity index (χ0) is 23.9. The van der Waals surface area contributed by atoms with Crippen LogP contribution in [0.5, 0.6) is 5.75 Å². The van der Waals surface area contributed by atoms with E-state index in [1.807, 2.05) is 61.5 Å². The highest BCUT2D eigenvalue weighted by Gasteiger charge is 2.26. The standard InChI is InChI=1S/C27H28Cl2N2O3/c1-19-7-5-6-10-27(19)33-18-22(32)16-31(15-20-8-3-2-4-9-20)17-23-14-26(30-34-23)21-11-12-24(28)25(29)13-21/h2-13,22-23,32H,14-18H2,1H3/t22-,23+/m0/s1. The molecule has 1 aliphatic rings. The summed E-state index contributed by atoms with van der Waals surface area (Å²) in [6, 6.07) is 23.5. The van der Waals surface area contributed by atoms with E-state index in [9.17, 15) is 5.11 Å². The number of nitrogens with zero attached hydrogens (tertiary/aromatic N) is 2. The van der Waals surface area contributed by atoms with Crippen molar-refractivity contribution in [2.75, 3.05) is 19.7 Å². The average Bonchev–Trinajstić information content (AvgIpc) is 3.29. The van der Waals surface area contributed by atoms with Crippen LogP contribution in [0.15, 0.2) is 78.0 Å². The Morgan fingerprint density at radius 2 is 1.82 bits per heavy atom. The van der Waals surface area contributed by atoms with Gasteiger partial charge in [0.15, 0.2) is 0 Å². The van der Waals surface area contributed by atoms with E-state index in [2.05, 4.69) is 22.2 Å². The number of aliphatic hydroxyl groups excluding tert-OH is 1. The summed E-state index contributed by atoms with van der Waals surface area (Å²) in [6.45, 7) is 3.95. The predicted molar refractivity (Wildman–Crippen MR) is 137 cm³/mol. The van der Waals surface area contributed by atoms with Gasteiger partial charge in [0.1, 0.15) is 24.6 Å². The highest BCUT2D eigenvalue weighted by molar-refractivity contribution is 6.42. The van der Waals surface area contributed by atoms with E-state index in [1.54, 1.807) is 6.07 Å². The molecule has 2 atom stereocenters. The first-order valence-corrected chi connectivity index (χ1v) is 12.0. The van der Waals surface area contributed by atoms with Crippen LogP contribution in [-0.4, -0.2) is 47.6 Å². The van der Waals surface area contributed by atoms with E-state index in [0.717, 1.165) is 28.2 Å². The second kappa shape index (κ2) is 11.7. The summed E-state index contributed by atoms with van der Waals surface area (Å²) >= 11 is 12.2. The molecule has 0 fully saturated rings. The van der Waals surface area contributed by atoms with Crippen molar-refractivity contribution in [3.63, 3.8) is 0 Å². The van der Waals surface area contributed by atoms with Gasteiger partial charge in [-0.2, -0.15) is 0 Å². The summed E-state index contributed by atoms with van der Waals surface area (Å²) in [5.74, 6) is 0.787. The second-order valence-electron chi connectivity index (χ2n) is 8.51. The Morgan fingerprint density at radius 1 is 1.06 bits per heavy atom. The molecular formula is C27H28Cl2N2O3. The van der Waals surface area contributed by atoms with Gasteiger partial charge in [-0.05, 0) is 36.2 Å². The van der Waals surface area contributed by atoms with Crippen LogP contribution in [0.3, 0.4) is 0 Å². The normalized spacial score (nSPS) is 16.3. The molecule has 4 rings (SSSR count). The molecule has 0 aromatic heterocycles. The lowest BCUT2D eigenvalue weighted by molar-refractivity contribution is 0.0212. The van der Waals surface area contributed by atoms with Crippen molar-refractivity contribution in [1.82, 2.24) is 4.90 Å². The highest BCUT2D eigenvalue weighted by Crippen LogP contribution is 2.26. The predicted octanol–water partition coefficient (Wildman–Crippen LogP) is 5.74. The van der Waals surface area contributed by atoms with Crippen molar-refractivity contribution in [1.29, 1.82) is 0 Å². The summed E-state index contributed by atoms with van der Waals surface area (Å²) in [6.07, 6.45) is -0.128. The first-order chi connectivity index (χ1) is 16.5. The van der Waals surface area contributed by atoms with Gasteiger partial charge in [-0.1, -0.05) is 83.0 Å². The molecule has 0 aliphatic carbocycles. The van der Waals surface area contributed by atoms with Gasteiger partial charge in [-0.3, -0.25) is 4.90 Å². The van der Waals surface area contributed by atoms with E-state index in [1.165, 1.54) is 0 Å². The monoisotopic (exact) mass is 498 g/mol. The van der Waals surface area contributed by atoms with Crippen LogP contribution in [0.4, 0.5) is 0 Å². The van der Waals surface area contributed by atoms with Crippen molar-refractivity contribution in [3.8, 4) is 5.75 Å². The van der Waals surface area contributed by atoms with Crippen molar-refractivity contribution in [2.45, 2.75) is 32.1 Å². The number of halogens is 2. The summed E-state index contributed by atoms with van der Waals surface area (Å²) in [7, 11) is 0. The third-order valence-electron chi connectivity index (χ3n) is 5.69. The number of aryl methyl sites for hydroxylation is 1. The Labute approximate surface area is 210 Å². The largest absolute Gasteiger partial charge is 0.491 e. The molecule has 0 radical (unpaired) electrons. The van der Waals surface area contributed by atoms with Crippen LogP contribution < -0.4 is 4.74 Å². The minimum Gasteiger partial charge on any atom is -0.491 e. The lowest BCUT2D eigenvalue weighted by Crippen LogP contribution is -2.39. The average molecular weight is 499 g/mol. The van der Waals surface area contributed by atoms with Crippen molar-refractivity contribution in [3.05, 3.63) is 99.5 Å². The Morgan fingerprint density at radius 3 is 2.59 bits per heavy atom. The summed E-state index contributed by atoms with van der Waals surface area (Å²) in [4.78, 5) is 7.92. The molecule has 3 aromatic carbocycles. The fraction of sp³-hybridized carbons (Fsp3) is 0.296. The van der Waals surface area contributed by atoms with Crippen LogP contribution in [0.2, 0.25) is 10.0 Å². The zero-order valence-corrected chi connectivity index (χ0v) is 20.5. The molecule has 5 nitrogen and oxygen atoms in total. The Balaban J connectivity index is 1.37. The second-order valence-corrected chi connectivity index (χ2v) is 9.32. The molecule has 0 amide bonds. The number of oxime groups is 1. The van der Waals surface area contributed by atoms with Gasteiger partial charge in [0, 0.05) is 31.6 Å². The third-order valence-corrected chi connectivity index (χ3v) is 6.43. The van der Waals surface area contributed by atoms with Crippen molar-refractivity contribution in [2.24, 2.45) is 5.16 Å². The molecule has 34 heavy (non-hydrogen) atoms. The van der Waals surface area contributed by atoms with E-state index < -0.39 is 6.10 Å². The SMILES string of the molecule is Cc1ccccc1OC[C@@H](O)CN(Cc1ccccc1)C[C@H]1CC(c2ccc(Cl)c(Cl)c2)=NO1. The number of hydrogen-bond donors (Lipinski definition) is 1. The zero-order valence-electron chi connectivity index (χ0n) is 19.0. The molecule has 178 valence electrons. The van der Waals surface area contributed by atoms with Gasteiger partial charge in [-0.25, -0.2) is 0 Å². The van der Waals surface area contributed by atoms with Gasteiger partial charge < -0.3 is 14.7 Å². The molecular weight excluding hydrogens is 471 g/mol. The minimum absolute atomic E-state index is 0.127. The molecule has 0 saturated carbocycles. The van der Waals surface area contributed by atoms with Crippen LogP contribution in [0, 0.1) is 6.92 Å². The van der Waals surface area contributed by atoms with E-state index >= 15 is 0 Å². The molecule has 1 N–H and O–H groups in total. The molecule has 3 aromatic rings. The number of rotatable bonds is 10. The van der Waals surface area contributed by atoms with Crippen molar-refractivity contribution >= 4 is 28.9 Å². The molecule has 0 spiro atoms. The van der Waals surface area contributed by atoms with Crippen LogP contribution in [0.25, 0.3) is 0 Å². The first kappa shape index (κ1) is 24.6. The Hall–Kier alpha value is -2.57.